The summed E-state index contributed by atoms with van der Waals surface area (Å²) in [6.45, 7) is -0.157. The number of rotatable bonds is 4. The fraction of sp³-hybridized carbons (Fsp3) is 0.0833. The molecule has 0 saturated carbocycles. The fourth-order valence-corrected chi connectivity index (χ4v) is 1.70. The van der Waals surface area contributed by atoms with Gasteiger partial charge >= 0.3 is 0 Å². The monoisotopic (exact) mass is 298 g/mol. The number of anilines is 1. The summed E-state index contributed by atoms with van der Waals surface area (Å²) >= 11 is 0. The number of hydrogen-bond donors (Lipinski definition) is 1. The summed E-state index contributed by atoms with van der Waals surface area (Å²) in [7, 11) is 0. The third-order valence-corrected chi connectivity index (χ3v) is 2.68. The van der Waals surface area contributed by atoms with Crippen molar-refractivity contribution >= 4 is 11.7 Å². The molecule has 0 unspecified atom stereocenters. The Morgan fingerprint density at radius 2 is 2.09 bits per heavy atom. The van der Waals surface area contributed by atoms with Gasteiger partial charge in [0.1, 0.15) is 31.3 Å². The van der Waals surface area contributed by atoms with E-state index in [-0.39, 0.29) is 12.1 Å². The van der Waals surface area contributed by atoms with Gasteiger partial charge in [0, 0.05) is 18.3 Å². The molecule has 10 heteroatoms. The molecule has 0 saturated heterocycles. The normalized spacial score (nSPS) is 10.4. The van der Waals surface area contributed by atoms with E-state index in [9.17, 15) is 9.59 Å². The quantitative estimate of drug-likeness (QED) is 0.672. The van der Waals surface area contributed by atoms with Crippen LogP contribution >= 0.6 is 0 Å². The first-order valence-corrected chi connectivity index (χ1v) is 6.20. The highest BCUT2D eigenvalue weighted by molar-refractivity contribution is 5.89. The van der Waals surface area contributed by atoms with Crippen LogP contribution in [0.4, 0.5) is 5.82 Å². The molecule has 0 spiro atoms. The van der Waals surface area contributed by atoms with Crippen molar-refractivity contribution in [3.05, 3.63) is 54.0 Å². The molecule has 0 bridgehead atoms. The maximum Gasteiger partial charge on any atom is 0.253 e. The van der Waals surface area contributed by atoms with E-state index in [1.807, 2.05) is 0 Å². The van der Waals surface area contributed by atoms with Crippen LogP contribution in [-0.4, -0.2) is 40.2 Å². The molecule has 0 aromatic carbocycles. The van der Waals surface area contributed by atoms with Gasteiger partial charge in [-0.15, -0.1) is 0 Å². The highest BCUT2D eigenvalue weighted by atomic mass is 16.2. The summed E-state index contributed by atoms with van der Waals surface area (Å²) in [6.07, 6.45) is 6.80. The van der Waals surface area contributed by atoms with Crippen LogP contribution in [0.3, 0.4) is 0 Å². The molecule has 3 heterocycles. The molecule has 3 aromatic rings. The van der Waals surface area contributed by atoms with Crippen LogP contribution in [0.25, 0.3) is 5.82 Å². The zero-order valence-electron chi connectivity index (χ0n) is 11.2. The Balaban J connectivity index is 1.73. The SMILES string of the molecule is O=C(Cn1cnccc1=O)Nc1cc(-n2cncn2)ncn1. The van der Waals surface area contributed by atoms with Crippen LogP contribution in [0.1, 0.15) is 0 Å². The average Bonchev–Trinajstić information content (AvgIpc) is 3.04. The van der Waals surface area contributed by atoms with E-state index < -0.39 is 5.91 Å². The maximum atomic E-state index is 11.9. The highest BCUT2D eigenvalue weighted by Gasteiger charge is 2.07. The van der Waals surface area contributed by atoms with Crippen molar-refractivity contribution in [1.29, 1.82) is 0 Å². The molecule has 0 atom stereocenters. The van der Waals surface area contributed by atoms with E-state index in [0.29, 0.717) is 11.6 Å². The minimum Gasteiger partial charge on any atom is -0.309 e. The first-order valence-electron chi connectivity index (χ1n) is 6.20. The standard InChI is InChI=1S/C12H10N8O2/c21-11(4-19-7-13-2-1-12(19)22)18-9-3-10(16-6-15-9)20-8-14-5-17-20/h1-3,5-8H,4H2,(H,15,16,18,21). The van der Waals surface area contributed by atoms with Crippen LogP contribution < -0.4 is 10.9 Å². The van der Waals surface area contributed by atoms with Crippen LogP contribution in [0.5, 0.6) is 0 Å². The molecule has 10 nitrogen and oxygen atoms in total. The van der Waals surface area contributed by atoms with E-state index in [4.69, 9.17) is 0 Å². The second-order valence-corrected chi connectivity index (χ2v) is 4.20. The van der Waals surface area contributed by atoms with Gasteiger partial charge in [-0.2, -0.15) is 5.10 Å². The van der Waals surface area contributed by atoms with E-state index in [2.05, 4.69) is 30.4 Å². The fourth-order valence-electron chi connectivity index (χ4n) is 1.70. The number of nitrogens with zero attached hydrogens (tertiary/aromatic N) is 7. The van der Waals surface area contributed by atoms with E-state index in [1.165, 1.54) is 46.8 Å². The van der Waals surface area contributed by atoms with Crippen molar-refractivity contribution in [2.24, 2.45) is 0 Å². The average molecular weight is 298 g/mol. The van der Waals surface area contributed by atoms with Crippen molar-refractivity contribution in [1.82, 2.24) is 34.3 Å². The number of hydrogen-bond acceptors (Lipinski definition) is 7. The minimum atomic E-state index is -0.404. The van der Waals surface area contributed by atoms with Crippen molar-refractivity contribution in [3.63, 3.8) is 0 Å². The lowest BCUT2D eigenvalue weighted by Crippen LogP contribution is -2.27. The molecule has 3 aromatic heterocycles. The molecule has 0 aliphatic heterocycles. The zero-order chi connectivity index (χ0) is 15.4. The minimum absolute atomic E-state index is 0.157. The molecular formula is C12H10N8O2. The lowest BCUT2D eigenvalue weighted by molar-refractivity contribution is -0.116. The third-order valence-electron chi connectivity index (χ3n) is 2.68. The van der Waals surface area contributed by atoms with Gasteiger partial charge in [0.05, 0.1) is 6.33 Å². The molecule has 0 aliphatic carbocycles. The Morgan fingerprint density at radius 1 is 1.18 bits per heavy atom. The van der Waals surface area contributed by atoms with Crippen LogP contribution in [0, 0.1) is 0 Å². The summed E-state index contributed by atoms with van der Waals surface area (Å²) in [5, 5.41) is 6.52. The van der Waals surface area contributed by atoms with Crippen LogP contribution in [0.15, 0.2) is 48.4 Å². The second kappa shape index (κ2) is 5.91. The molecule has 1 amide bonds. The first-order chi connectivity index (χ1) is 10.7. The number of nitrogens with one attached hydrogen (secondary N) is 1. The lowest BCUT2D eigenvalue weighted by Gasteiger charge is -2.07. The molecule has 0 fully saturated rings. The summed E-state index contributed by atoms with van der Waals surface area (Å²) in [4.78, 5) is 39.0. The van der Waals surface area contributed by atoms with Gasteiger partial charge in [0.25, 0.3) is 5.56 Å². The Morgan fingerprint density at radius 3 is 2.86 bits per heavy atom. The Hall–Kier alpha value is -3.43. The summed E-state index contributed by atoms with van der Waals surface area (Å²) in [6, 6.07) is 2.82. The summed E-state index contributed by atoms with van der Waals surface area (Å²) in [5.41, 5.74) is -0.309. The van der Waals surface area contributed by atoms with Crippen LogP contribution in [-0.2, 0) is 11.3 Å². The van der Waals surface area contributed by atoms with Gasteiger partial charge in [0.15, 0.2) is 5.82 Å². The molecule has 0 aliphatic rings. The van der Waals surface area contributed by atoms with E-state index >= 15 is 0 Å². The van der Waals surface area contributed by atoms with E-state index in [0.717, 1.165) is 0 Å². The first kappa shape index (κ1) is 13.5. The van der Waals surface area contributed by atoms with Gasteiger partial charge in [0.2, 0.25) is 5.91 Å². The smallest absolute Gasteiger partial charge is 0.253 e. The zero-order valence-corrected chi connectivity index (χ0v) is 11.2. The Kier molecular flexibility index (Phi) is 3.64. The van der Waals surface area contributed by atoms with Gasteiger partial charge in [-0.05, 0) is 0 Å². The number of carbonyl (C=O) groups excluding carboxylic acids is 1. The summed E-state index contributed by atoms with van der Waals surface area (Å²) in [5.74, 6) is 0.349. The largest absolute Gasteiger partial charge is 0.309 e. The predicted octanol–water partition coefficient (Wildman–Crippen LogP) is -0.747. The van der Waals surface area contributed by atoms with Gasteiger partial charge in [-0.1, -0.05) is 0 Å². The molecule has 3 rings (SSSR count). The van der Waals surface area contributed by atoms with Crippen molar-refractivity contribution in [3.8, 4) is 5.82 Å². The molecular weight excluding hydrogens is 288 g/mol. The van der Waals surface area contributed by atoms with Gasteiger partial charge < -0.3 is 5.32 Å². The third kappa shape index (κ3) is 3.00. The highest BCUT2D eigenvalue weighted by Crippen LogP contribution is 2.07. The molecule has 110 valence electrons. The molecule has 0 radical (unpaired) electrons. The maximum absolute atomic E-state index is 11.9. The molecule has 1 N–H and O–H groups in total. The summed E-state index contributed by atoms with van der Waals surface area (Å²) < 4.78 is 2.62. The van der Waals surface area contributed by atoms with Gasteiger partial charge in [-0.25, -0.2) is 24.6 Å². The number of carbonyl (C=O) groups is 1. The topological polar surface area (TPSA) is 120 Å². The van der Waals surface area contributed by atoms with Crippen molar-refractivity contribution in [2.45, 2.75) is 6.54 Å². The van der Waals surface area contributed by atoms with Crippen LogP contribution in [0.2, 0.25) is 0 Å². The predicted molar refractivity (Wildman–Crippen MR) is 74.1 cm³/mol. The number of aromatic nitrogens is 7. The van der Waals surface area contributed by atoms with Crippen molar-refractivity contribution < 1.29 is 4.79 Å². The van der Waals surface area contributed by atoms with Crippen molar-refractivity contribution in [2.75, 3.05) is 5.32 Å². The number of amides is 1. The lowest BCUT2D eigenvalue weighted by atomic mass is 10.4. The second-order valence-electron chi connectivity index (χ2n) is 4.20. The molecule has 22 heavy (non-hydrogen) atoms. The Labute approximate surface area is 123 Å². The Bertz CT molecular complexity index is 842. The van der Waals surface area contributed by atoms with Gasteiger partial charge in [-0.3, -0.25) is 14.2 Å². The van der Waals surface area contributed by atoms with E-state index in [1.54, 1.807) is 6.07 Å².